The zero-order chi connectivity index (χ0) is 46.9. The Labute approximate surface area is 397 Å². The molecule has 3 aromatic heterocycles. The Morgan fingerprint density at radius 1 is 0.485 bits per heavy atom. The van der Waals surface area contributed by atoms with Crippen molar-refractivity contribution in [1.29, 1.82) is 5.26 Å². The van der Waals surface area contributed by atoms with Crippen LogP contribution in [0.25, 0.3) is 90.1 Å². The summed E-state index contributed by atoms with van der Waals surface area (Å²) in [5.41, 5.74) is 17.2. The van der Waals surface area contributed by atoms with Crippen molar-refractivity contribution in [3.05, 3.63) is 246 Å². The summed E-state index contributed by atoms with van der Waals surface area (Å²) < 4.78 is 4.68. The van der Waals surface area contributed by atoms with Gasteiger partial charge in [-0.1, -0.05) is 171 Å². The average Bonchev–Trinajstić information content (AvgIpc) is 3.82. The average molecular weight is 877 g/mol. The van der Waals surface area contributed by atoms with Crippen LogP contribution in [-0.4, -0.2) is 24.1 Å². The van der Waals surface area contributed by atoms with Crippen molar-refractivity contribution in [2.75, 3.05) is 0 Å². The lowest BCUT2D eigenvalue weighted by atomic mass is 10.0. The van der Waals surface area contributed by atoms with Crippen LogP contribution in [0.4, 0.5) is 0 Å². The first-order valence-electron chi connectivity index (χ1n) is 22.7. The Bertz CT molecular complexity index is 3480. The zero-order valence-electron chi connectivity index (χ0n) is 38.6. The van der Waals surface area contributed by atoms with E-state index < -0.39 is 0 Å². The van der Waals surface area contributed by atoms with Crippen LogP contribution in [0, 0.1) is 39.0 Å². The Kier molecular flexibility index (Phi) is 11.5. The molecule has 7 aromatic carbocycles. The van der Waals surface area contributed by atoms with E-state index >= 15 is 0 Å². The summed E-state index contributed by atoms with van der Waals surface area (Å²) in [7, 11) is 0. The van der Waals surface area contributed by atoms with E-state index in [0.717, 1.165) is 100 Å². The molecule has 0 atom stereocenters. The molecule has 0 radical (unpaired) electrons. The number of fused-ring (bicyclic) bond motifs is 3. The third-order valence-electron chi connectivity index (χ3n) is 12.8. The summed E-state index contributed by atoms with van der Waals surface area (Å²) in [5.74, 6) is 1.58. The Balaban J connectivity index is 1.40. The Morgan fingerprint density at radius 3 is 1.34 bits per heavy atom. The molecule has 0 aliphatic carbocycles. The number of nitriles is 1. The van der Waals surface area contributed by atoms with Crippen molar-refractivity contribution in [1.82, 2.24) is 24.1 Å². The highest BCUT2D eigenvalue weighted by Gasteiger charge is 2.26. The summed E-state index contributed by atoms with van der Waals surface area (Å²) in [4.78, 5) is 14.2. The molecule has 0 aliphatic heterocycles. The van der Waals surface area contributed by atoms with Gasteiger partial charge in [0.25, 0.3) is 0 Å². The maximum absolute atomic E-state index is 11.2. The minimum Gasteiger partial charge on any atom is -0.308 e. The third-order valence-corrected chi connectivity index (χ3v) is 12.8. The predicted octanol–water partition coefficient (Wildman–Crippen LogP) is 15.3. The van der Waals surface area contributed by atoms with Gasteiger partial charge in [-0.3, -0.25) is 0 Å². The highest BCUT2D eigenvalue weighted by molar-refractivity contribution is 6.11. The molecule has 0 N–H and O–H groups in total. The highest BCUT2D eigenvalue weighted by atomic mass is 15.1. The van der Waals surface area contributed by atoms with Gasteiger partial charge in [-0.15, -0.1) is 0 Å². The molecular formula is C62H48N6. The van der Waals surface area contributed by atoms with E-state index in [2.05, 4.69) is 175 Å². The molecular weight excluding hydrogens is 829 g/mol. The molecule has 6 nitrogen and oxygen atoms in total. The van der Waals surface area contributed by atoms with Gasteiger partial charge in [0.1, 0.15) is 11.6 Å². The summed E-state index contributed by atoms with van der Waals surface area (Å²) >= 11 is 0. The minimum atomic E-state index is 0.432. The molecule has 0 bridgehead atoms. The van der Waals surface area contributed by atoms with E-state index in [1.54, 1.807) is 0 Å². The van der Waals surface area contributed by atoms with Crippen molar-refractivity contribution < 1.29 is 0 Å². The Hall–Kier alpha value is -8.92. The molecule has 10 aromatic rings. The van der Waals surface area contributed by atoms with Crippen LogP contribution >= 0.6 is 0 Å². The SMILES string of the molecule is C=C/C(=C\c1c(C)c(C)c(/C=C(\C=C)c2ccccc2)n1-c1cc(-c2nc(C)nc(C)n2)c(C#N)cc1-n1c2cc(-c3ccccc3)ccc2c2ccc(-c3ccccc3)cc21)c1ccccc1. The second-order valence-electron chi connectivity index (χ2n) is 17.0. The van der Waals surface area contributed by atoms with Gasteiger partial charge >= 0.3 is 0 Å². The minimum absolute atomic E-state index is 0.432. The van der Waals surface area contributed by atoms with Crippen molar-refractivity contribution in [2.24, 2.45) is 0 Å². The van der Waals surface area contributed by atoms with Gasteiger partial charge in [-0.2, -0.15) is 5.26 Å². The Morgan fingerprint density at radius 2 is 0.912 bits per heavy atom. The van der Waals surface area contributed by atoms with Gasteiger partial charge in [0.15, 0.2) is 5.82 Å². The van der Waals surface area contributed by atoms with Crippen LogP contribution < -0.4 is 0 Å². The fraction of sp³-hybridized carbons (Fsp3) is 0.0645. The topological polar surface area (TPSA) is 72.3 Å². The van der Waals surface area contributed by atoms with Crippen molar-refractivity contribution in [2.45, 2.75) is 27.7 Å². The molecule has 0 saturated carbocycles. The van der Waals surface area contributed by atoms with E-state index in [-0.39, 0.29) is 0 Å². The second-order valence-corrected chi connectivity index (χ2v) is 17.0. The van der Waals surface area contributed by atoms with Gasteiger partial charge in [0.05, 0.1) is 45.4 Å². The van der Waals surface area contributed by atoms with Crippen LogP contribution in [0.2, 0.25) is 0 Å². The number of hydrogen-bond donors (Lipinski definition) is 0. The summed E-state index contributed by atoms with van der Waals surface area (Å²) in [6.45, 7) is 16.7. The smallest absolute Gasteiger partial charge is 0.164 e. The van der Waals surface area contributed by atoms with Gasteiger partial charge in [0, 0.05) is 16.3 Å². The number of benzene rings is 7. The molecule has 0 spiro atoms. The quantitative estimate of drug-likeness (QED) is 0.121. The maximum Gasteiger partial charge on any atom is 0.164 e. The lowest BCUT2D eigenvalue weighted by Gasteiger charge is -2.21. The van der Waals surface area contributed by atoms with Crippen molar-refractivity contribution >= 4 is 45.1 Å². The monoisotopic (exact) mass is 876 g/mol. The fourth-order valence-electron chi connectivity index (χ4n) is 9.38. The fourth-order valence-corrected chi connectivity index (χ4v) is 9.38. The van der Waals surface area contributed by atoms with E-state index in [1.165, 1.54) is 0 Å². The predicted molar refractivity (Wildman–Crippen MR) is 282 cm³/mol. The number of hydrogen-bond acceptors (Lipinski definition) is 4. The number of nitrogens with zero attached hydrogens (tertiary/aromatic N) is 6. The summed E-state index contributed by atoms with van der Waals surface area (Å²) in [5, 5.41) is 13.4. The molecule has 0 amide bonds. The summed E-state index contributed by atoms with van der Waals surface area (Å²) in [6, 6.07) is 61.8. The normalized spacial score (nSPS) is 11.8. The molecule has 6 heteroatoms. The molecule has 68 heavy (non-hydrogen) atoms. The van der Waals surface area contributed by atoms with Crippen LogP contribution in [0.5, 0.6) is 0 Å². The third kappa shape index (κ3) is 7.86. The zero-order valence-corrected chi connectivity index (χ0v) is 38.6. The van der Waals surface area contributed by atoms with Gasteiger partial charge in [-0.05, 0) is 120 Å². The lowest BCUT2D eigenvalue weighted by molar-refractivity contribution is 0.926. The van der Waals surface area contributed by atoms with E-state index in [9.17, 15) is 5.26 Å². The van der Waals surface area contributed by atoms with Crippen molar-refractivity contribution in [3.8, 4) is 51.1 Å². The van der Waals surface area contributed by atoms with E-state index in [0.29, 0.717) is 28.6 Å². The molecule has 10 rings (SSSR count). The van der Waals surface area contributed by atoms with E-state index in [4.69, 9.17) is 9.97 Å². The molecule has 326 valence electrons. The van der Waals surface area contributed by atoms with Crippen molar-refractivity contribution in [3.63, 3.8) is 0 Å². The van der Waals surface area contributed by atoms with Crippen LogP contribution in [0.15, 0.2) is 195 Å². The van der Waals surface area contributed by atoms with Crippen LogP contribution in [-0.2, 0) is 0 Å². The first-order chi connectivity index (χ1) is 33.2. The van der Waals surface area contributed by atoms with E-state index in [1.807, 2.05) is 80.6 Å². The van der Waals surface area contributed by atoms with Crippen LogP contribution in [0.1, 0.15) is 50.9 Å². The second kappa shape index (κ2) is 18.2. The van der Waals surface area contributed by atoms with Crippen LogP contribution in [0.3, 0.4) is 0 Å². The van der Waals surface area contributed by atoms with Gasteiger partial charge in [-0.25, -0.2) is 15.0 Å². The summed E-state index contributed by atoms with van der Waals surface area (Å²) in [6.07, 6.45) is 8.29. The molecule has 3 heterocycles. The largest absolute Gasteiger partial charge is 0.308 e. The standard InChI is InChI=1S/C62H48N6/c1-7-44(46-21-13-9-14-22-46)33-56-40(3)41(4)57(34-45(8-2)47-23-15-10-16-24-47)67(56)61-38-55(62-65-42(5)64-43(6)66-62)52(39-63)37-60(61)68-58-35-50(48-25-17-11-18-26-48)29-31-53(58)54-32-30-51(36-59(54)68)49-27-19-12-20-28-49/h7-38H,1-2H2,3-6H3/b44-33+,45-34+. The number of aromatic nitrogens is 5. The number of aryl methyl sites for hydroxylation is 2. The maximum atomic E-state index is 11.2. The first kappa shape index (κ1) is 43.0. The first-order valence-corrected chi connectivity index (χ1v) is 22.7. The molecule has 0 saturated heterocycles. The highest BCUT2D eigenvalue weighted by Crippen LogP contribution is 2.42. The lowest BCUT2D eigenvalue weighted by Crippen LogP contribution is -2.09. The molecule has 0 fully saturated rings. The molecule has 0 unspecified atom stereocenters. The van der Waals surface area contributed by atoms with Gasteiger partial charge < -0.3 is 9.13 Å². The molecule has 0 aliphatic rings. The number of allylic oxidation sites excluding steroid dienone is 4. The number of rotatable bonds is 11. The van der Waals surface area contributed by atoms with Gasteiger partial charge in [0.2, 0.25) is 0 Å².